The predicted octanol–water partition coefficient (Wildman–Crippen LogP) is 2.20. The maximum absolute atomic E-state index is 12.3. The molecule has 24 heavy (non-hydrogen) atoms. The van der Waals surface area contributed by atoms with Gasteiger partial charge in [0, 0.05) is 16.8 Å². The van der Waals surface area contributed by atoms with E-state index in [-0.39, 0.29) is 23.8 Å². The first-order chi connectivity index (χ1) is 11.4. The Morgan fingerprint density at radius 3 is 2.50 bits per heavy atom. The summed E-state index contributed by atoms with van der Waals surface area (Å²) < 4.78 is 11.8. The van der Waals surface area contributed by atoms with Crippen molar-refractivity contribution >= 4 is 23.3 Å². The largest absolute Gasteiger partial charge is 0.461 e. The van der Waals surface area contributed by atoms with Crippen molar-refractivity contribution in [2.24, 2.45) is 0 Å². The van der Waals surface area contributed by atoms with Crippen molar-refractivity contribution in [2.45, 2.75) is 34.2 Å². The first-order valence-corrected chi connectivity index (χ1v) is 8.43. The van der Waals surface area contributed by atoms with Crippen molar-refractivity contribution in [2.75, 3.05) is 13.2 Å². The lowest BCUT2D eigenvalue weighted by Gasteiger charge is -2.07. The van der Waals surface area contributed by atoms with Crippen molar-refractivity contribution < 1.29 is 19.1 Å². The van der Waals surface area contributed by atoms with Gasteiger partial charge in [-0.2, -0.15) is 0 Å². The lowest BCUT2D eigenvalue weighted by Crippen LogP contribution is -2.20. The minimum Gasteiger partial charge on any atom is -0.461 e. The molecule has 0 aliphatic rings. The number of esters is 2. The minimum atomic E-state index is -0.530. The van der Waals surface area contributed by atoms with Gasteiger partial charge in [-0.05, 0) is 33.3 Å². The molecule has 8 heteroatoms. The number of hydrogen-bond donors (Lipinski definition) is 1. The molecular weight excluding hydrogens is 332 g/mol. The van der Waals surface area contributed by atoms with Crippen LogP contribution in [0.1, 0.15) is 44.7 Å². The monoisotopic (exact) mass is 352 g/mol. The average molecular weight is 352 g/mol. The predicted molar refractivity (Wildman–Crippen MR) is 89.8 cm³/mol. The zero-order valence-corrected chi connectivity index (χ0v) is 14.9. The van der Waals surface area contributed by atoms with Crippen LogP contribution in [0, 0.1) is 20.8 Å². The van der Waals surface area contributed by atoms with Crippen LogP contribution < -0.4 is 4.87 Å². The summed E-state index contributed by atoms with van der Waals surface area (Å²) in [5.41, 5.74) is 2.46. The Labute approximate surface area is 143 Å². The molecular formula is C16H20N2O5S. The summed E-state index contributed by atoms with van der Waals surface area (Å²) in [6, 6.07) is 0. The van der Waals surface area contributed by atoms with Gasteiger partial charge in [-0.3, -0.25) is 9.36 Å². The number of hydrogen-bond acceptors (Lipinski definition) is 6. The van der Waals surface area contributed by atoms with Gasteiger partial charge in [-0.15, -0.1) is 0 Å². The highest BCUT2D eigenvalue weighted by atomic mass is 32.1. The molecule has 0 aliphatic carbocycles. The van der Waals surface area contributed by atoms with E-state index >= 15 is 0 Å². The van der Waals surface area contributed by atoms with Crippen molar-refractivity contribution in [1.82, 2.24) is 9.55 Å². The molecule has 0 radical (unpaired) electrons. The zero-order chi connectivity index (χ0) is 17.9. The number of aromatic amines is 1. The molecule has 2 rings (SSSR count). The quantitative estimate of drug-likeness (QED) is 0.805. The Kier molecular flexibility index (Phi) is 5.61. The summed E-state index contributed by atoms with van der Waals surface area (Å²) in [4.78, 5) is 38.6. The summed E-state index contributed by atoms with van der Waals surface area (Å²) in [5, 5.41) is 1.76. The third kappa shape index (κ3) is 3.59. The molecule has 0 saturated heterocycles. The summed E-state index contributed by atoms with van der Waals surface area (Å²) in [7, 11) is 0. The smallest absolute Gasteiger partial charge is 0.355 e. The van der Waals surface area contributed by atoms with E-state index in [1.807, 2.05) is 6.92 Å². The Morgan fingerprint density at radius 1 is 1.21 bits per heavy atom. The van der Waals surface area contributed by atoms with E-state index in [4.69, 9.17) is 9.47 Å². The van der Waals surface area contributed by atoms with Gasteiger partial charge in [0.15, 0.2) is 0 Å². The summed E-state index contributed by atoms with van der Waals surface area (Å²) in [5.74, 6) is -1.03. The molecule has 2 heterocycles. The van der Waals surface area contributed by atoms with E-state index in [0.717, 1.165) is 17.0 Å². The van der Waals surface area contributed by atoms with Gasteiger partial charge >= 0.3 is 16.8 Å². The van der Waals surface area contributed by atoms with Crippen molar-refractivity contribution in [3.8, 4) is 0 Å². The Balaban J connectivity index is 2.07. The van der Waals surface area contributed by atoms with E-state index in [0.29, 0.717) is 23.4 Å². The zero-order valence-electron chi connectivity index (χ0n) is 14.1. The van der Waals surface area contributed by atoms with Crippen LogP contribution in [0.4, 0.5) is 0 Å². The number of nitrogens with zero attached hydrogens (tertiary/aromatic N) is 1. The standard InChI is InChI=1S/C16H20N2O5S/c1-5-22-15(20)13-10(3)12(11(4)17-13)14(19)23-7-6-18-9(2)8-24-16(18)21/h8,17H,5-7H2,1-4H3. The Hall–Kier alpha value is -2.35. The SMILES string of the molecule is CCOC(=O)c1[nH]c(C)c(C(=O)OCCn2c(C)csc2=O)c1C. The first-order valence-electron chi connectivity index (χ1n) is 7.55. The second-order valence-electron chi connectivity index (χ2n) is 5.28. The van der Waals surface area contributed by atoms with Crippen LogP contribution in [0.25, 0.3) is 0 Å². The highest BCUT2D eigenvalue weighted by Gasteiger charge is 2.23. The number of thiazole rings is 1. The number of carbonyl (C=O) groups excluding carboxylic acids is 2. The summed E-state index contributed by atoms with van der Waals surface area (Å²) in [6.07, 6.45) is 0. The second-order valence-corrected chi connectivity index (χ2v) is 6.10. The lowest BCUT2D eigenvalue weighted by molar-refractivity contribution is 0.0488. The van der Waals surface area contributed by atoms with Crippen LogP contribution >= 0.6 is 11.3 Å². The fourth-order valence-corrected chi connectivity index (χ4v) is 3.20. The molecule has 2 aromatic rings. The van der Waals surface area contributed by atoms with Crippen LogP contribution in [0.15, 0.2) is 10.2 Å². The molecule has 0 saturated carbocycles. The van der Waals surface area contributed by atoms with Gasteiger partial charge in [-0.1, -0.05) is 11.3 Å². The Morgan fingerprint density at radius 2 is 1.92 bits per heavy atom. The van der Waals surface area contributed by atoms with Crippen LogP contribution in [0.3, 0.4) is 0 Å². The van der Waals surface area contributed by atoms with Gasteiger partial charge in [0.1, 0.15) is 12.3 Å². The molecule has 7 nitrogen and oxygen atoms in total. The summed E-state index contributed by atoms with van der Waals surface area (Å²) >= 11 is 1.11. The van der Waals surface area contributed by atoms with Crippen molar-refractivity contribution in [3.05, 3.63) is 43.3 Å². The number of aromatic nitrogens is 2. The molecule has 0 spiro atoms. The maximum Gasteiger partial charge on any atom is 0.355 e. The Bertz CT molecular complexity index is 815. The number of ether oxygens (including phenoxy) is 2. The van der Waals surface area contributed by atoms with Crippen molar-refractivity contribution in [3.63, 3.8) is 0 Å². The molecule has 2 aromatic heterocycles. The molecule has 0 bridgehead atoms. The highest BCUT2D eigenvalue weighted by molar-refractivity contribution is 7.07. The maximum atomic E-state index is 12.3. The van der Waals surface area contributed by atoms with Crippen LogP contribution in [-0.4, -0.2) is 34.7 Å². The topological polar surface area (TPSA) is 90.4 Å². The molecule has 1 N–H and O–H groups in total. The van der Waals surface area contributed by atoms with E-state index in [1.54, 1.807) is 30.7 Å². The number of rotatable bonds is 6. The number of H-pyrrole nitrogens is 1. The van der Waals surface area contributed by atoms with E-state index in [9.17, 15) is 14.4 Å². The molecule has 0 aliphatic heterocycles. The first kappa shape index (κ1) is 18.0. The highest BCUT2D eigenvalue weighted by Crippen LogP contribution is 2.19. The van der Waals surface area contributed by atoms with Crippen LogP contribution in [0.2, 0.25) is 0 Å². The third-order valence-electron chi connectivity index (χ3n) is 3.65. The number of carbonyl (C=O) groups is 2. The fourth-order valence-electron chi connectivity index (χ4n) is 2.44. The van der Waals surface area contributed by atoms with Gasteiger partial charge in [0.25, 0.3) is 0 Å². The lowest BCUT2D eigenvalue weighted by atomic mass is 10.1. The van der Waals surface area contributed by atoms with E-state index in [1.165, 1.54) is 0 Å². The molecule has 0 amide bonds. The molecule has 0 unspecified atom stereocenters. The second kappa shape index (κ2) is 7.48. The summed E-state index contributed by atoms with van der Waals surface area (Å²) in [6.45, 7) is 7.53. The number of nitrogens with one attached hydrogen (secondary N) is 1. The molecule has 0 atom stereocenters. The van der Waals surface area contributed by atoms with Gasteiger partial charge in [0.2, 0.25) is 0 Å². The van der Waals surface area contributed by atoms with E-state index in [2.05, 4.69) is 4.98 Å². The average Bonchev–Trinajstić information content (AvgIpc) is 3.00. The fraction of sp³-hybridized carbons (Fsp3) is 0.438. The molecule has 130 valence electrons. The molecule has 0 aromatic carbocycles. The third-order valence-corrected chi connectivity index (χ3v) is 4.53. The van der Waals surface area contributed by atoms with Crippen LogP contribution in [-0.2, 0) is 16.0 Å². The minimum absolute atomic E-state index is 0.0785. The normalized spacial score (nSPS) is 10.7. The van der Waals surface area contributed by atoms with Gasteiger partial charge in [0.05, 0.1) is 18.7 Å². The van der Waals surface area contributed by atoms with Crippen molar-refractivity contribution in [1.29, 1.82) is 0 Å². The van der Waals surface area contributed by atoms with Crippen LogP contribution in [0.5, 0.6) is 0 Å². The van der Waals surface area contributed by atoms with E-state index < -0.39 is 11.9 Å². The molecule has 0 fully saturated rings. The number of aryl methyl sites for hydroxylation is 2. The van der Waals surface area contributed by atoms with Gasteiger partial charge in [-0.25, -0.2) is 9.59 Å². The van der Waals surface area contributed by atoms with Gasteiger partial charge < -0.3 is 14.5 Å².